The Kier molecular flexibility index (Phi) is 4.31. The van der Waals surface area contributed by atoms with Crippen molar-refractivity contribution in [2.75, 3.05) is 6.54 Å². The van der Waals surface area contributed by atoms with Crippen LogP contribution in [0, 0.1) is 17.6 Å². The van der Waals surface area contributed by atoms with E-state index in [2.05, 4.69) is 19.7 Å². The molecule has 0 radical (unpaired) electrons. The Morgan fingerprint density at radius 3 is 2.79 bits per heavy atom. The molecule has 4 nitrogen and oxygen atoms in total. The lowest BCUT2D eigenvalue weighted by atomic mass is 10.00. The Balaban J connectivity index is 1.55. The van der Waals surface area contributed by atoms with Crippen molar-refractivity contribution in [1.82, 2.24) is 19.7 Å². The molecule has 0 unspecified atom stereocenters. The van der Waals surface area contributed by atoms with Crippen LogP contribution in [0.2, 0.25) is 0 Å². The lowest BCUT2D eigenvalue weighted by molar-refractivity contribution is 0.128. The number of piperidine rings is 1. The molecule has 0 amide bonds. The second-order valence-corrected chi connectivity index (χ2v) is 7.00. The fourth-order valence-electron chi connectivity index (χ4n) is 3.58. The van der Waals surface area contributed by atoms with Crippen molar-refractivity contribution >= 4 is 0 Å². The smallest absolute Gasteiger partial charge is 0.150 e. The summed E-state index contributed by atoms with van der Waals surface area (Å²) in [4.78, 5) is 2.26. The third-order valence-corrected chi connectivity index (χ3v) is 5.10. The molecule has 0 N–H and O–H groups in total. The topological polar surface area (TPSA) is 34.0 Å². The first-order chi connectivity index (χ1) is 11.7. The van der Waals surface area contributed by atoms with E-state index in [1.807, 2.05) is 6.33 Å². The molecule has 2 heterocycles. The molecule has 1 saturated heterocycles. The van der Waals surface area contributed by atoms with E-state index in [0.29, 0.717) is 12.1 Å². The van der Waals surface area contributed by atoms with E-state index in [1.165, 1.54) is 18.9 Å². The second kappa shape index (κ2) is 6.59. The molecule has 0 bridgehead atoms. The lowest BCUT2D eigenvalue weighted by Gasteiger charge is -2.35. The molecule has 1 saturated carbocycles. The van der Waals surface area contributed by atoms with Gasteiger partial charge in [0.1, 0.15) is 23.8 Å². The molecular weight excluding hydrogens is 310 g/mol. The van der Waals surface area contributed by atoms with Gasteiger partial charge in [-0.25, -0.2) is 8.78 Å². The minimum atomic E-state index is -0.532. The van der Waals surface area contributed by atoms with Gasteiger partial charge in [0.25, 0.3) is 0 Å². The number of hydrogen-bond acceptors (Lipinski definition) is 3. The zero-order chi connectivity index (χ0) is 16.5. The highest BCUT2D eigenvalue weighted by Gasteiger charge is 2.30. The molecule has 1 atom stereocenters. The van der Waals surface area contributed by atoms with Gasteiger partial charge in [-0.15, -0.1) is 10.2 Å². The molecule has 2 aliphatic rings. The van der Waals surface area contributed by atoms with E-state index < -0.39 is 11.6 Å². The van der Waals surface area contributed by atoms with E-state index in [0.717, 1.165) is 50.2 Å². The van der Waals surface area contributed by atoms with Crippen LogP contribution in [0.1, 0.15) is 49.5 Å². The van der Waals surface area contributed by atoms with Crippen LogP contribution in [-0.2, 0) is 13.1 Å². The number of halogens is 2. The maximum atomic E-state index is 14.0. The highest BCUT2D eigenvalue weighted by atomic mass is 19.1. The van der Waals surface area contributed by atoms with Crippen LogP contribution in [-0.4, -0.2) is 26.2 Å². The molecule has 2 fully saturated rings. The molecule has 24 heavy (non-hydrogen) atoms. The lowest BCUT2D eigenvalue weighted by Crippen LogP contribution is -2.35. The number of aromatic nitrogens is 3. The van der Waals surface area contributed by atoms with Crippen molar-refractivity contribution in [3.05, 3.63) is 47.5 Å². The number of nitrogens with zero attached hydrogens (tertiary/aromatic N) is 4. The van der Waals surface area contributed by atoms with E-state index in [-0.39, 0.29) is 6.04 Å². The maximum Gasteiger partial charge on any atom is 0.150 e. The minimum absolute atomic E-state index is 0.157. The van der Waals surface area contributed by atoms with Gasteiger partial charge in [0, 0.05) is 24.7 Å². The third-order valence-electron chi connectivity index (χ3n) is 5.10. The average molecular weight is 332 g/mol. The summed E-state index contributed by atoms with van der Waals surface area (Å²) in [6.07, 6.45) is 7.63. The van der Waals surface area contributed by atoms with E-state index >= 15 is 0 Å². The molecular formula is C18H22F2N4. The molecule has 1 aromatic heterocycles. The van der Waals surface area contributed by atoms with E-state index in [4.69, 9.17) is 0 Å². The summed E-state index contributed by atoms with van der Waals surface area (Å²) >= 11 is 0. The first-order valence-electron chi connectivity index (χ1n) is 8.76. The first-order valence-corrected chi connectivity index (χ1v) is 8.76. The summed E-state index contributed by atoms with van der Waals surface area (Å²) < 4.78 is 29.3. The number of benzene rings is 1. The average Bonchev–Trinajstić information content (AvgIpc) is 3.27. The Bertz CT molecular complexity index is 711. The quantitative estimate of drug-likeness (QED) is 0.837. The van der Waals surface area contributed by atoms with Crippen LogP contribution in [0.4, 0.5) is 8.78 Å². The highest BCUT2D eigenvalue weighted by Crippen LogP contribution is 2.34. The molecule has 128 valence electrons. The monoisotopic (exact) mass is 332 g/mol. The van der Waals surface area contributed by atoms with Crippen LogP contribution in [0.25, 0.3) is 0 Å². The van der Waals surface area contributed by atoms with Crippen molar-refractivity contribution in [2.24, 2.45) is 5.92 Å². The number of hydrogen-bond donors (Lipinski definition) is 0. The Morgan fingerprint density at radius 2 is 2.00 bits per heavy atom. The van der Waals surface area contributed by atoms with Crippen LogP contribution < -0.4 is 0 Å². The van der Waals surface area contributed by atoms with Gasteiger partial charge in [0.15, 0.2) is 0 Å². The van der Waals surface area contributed by atoms with Gasteiger partial charge in [-0.2, -0.15) is 0 Å². The van der Waals surface area contributed by atoms with Crippen molar-refractivity contribution < 1.29 is 8.78 Å². The zero-order valence-corrected chi connectivity index (χ0v) is 13.7. The predicted molar refractivity (Wildman–Crippen MR) is 86.1 cm³/mol. The number of rotatable bonds is 5. The molecule has 2 aromatic rings. The summed E-state index contributed by atoms with van der Waals surface area (Å²) in [5.41, 5.74) is 0.538. The fourth-order valence-corrected chi connectivity index (χ4v) is 3.58. The second-order valence-electron chi connectivity index (χ2n) is 7.00. The molecule has 1 aliphatic carbocycles. The molecule has 4 rings (SSSR count). The maximum absolute atomic E-state index is 14.0. The van der Waals surface area contributed by atoms with Crippen molar-refractivity contribution in [3.63, 3.8) is 0 Å². The minimum Gasteiger partial charge on any atom is -0.316 e. The first kappa shape index (κ1) is 15.7. The van der Waals surface area contributed by atoms with Gasteiger partial charge < -0.3 is 4.57 Å². The summed E-state index contributed by atoms with van der Waals surface area (Å²) in [7, 11) is 0. The van der Waals surface area contributed by atoms with E-state index in [9.17, 15) is 8.78 Å². The normalized spacial score (nSPS) is 22.0. The SMILES string of the molecule is Fc1ccc(CN2CCCC[C@H]2c2nncn2CC2CC2)c(F)c1. The largest absolute Gasteiger partial charge is 0.316 e. The van der Waals surface area contributed by atoms with Crippen LogP contribution >= 0.6 is 0 Å². The fraction of sp³-hybridized carbons (Fsp3) is 0.556. The Labute approximate surface area is 140 Å². The molecule has 6 heteroatoms. The number of likely N-dealkylation sites (tertiary alicyclic amines) is 1. The summed E-state index contributed by atoms with van der Waals surface area (Å²) in [5.74, 6) is 0.741. The van der Waals surface area contributed by atoms with Gasteiger partial charge in [0.05, 0.1) is 6.04 Å². The van der Waals surface area contributed by atoms with Crippen molar-refractivity contribution in [3.8, 4) is 0 Å². The summed E-state index contributed by atoms with van der Waals surface area (Å²) in [6.45, 7) is 2.36. The van der Waals surface area contributed by atoms with Crippen molar-refractivity contribution in [2.45, 2.75) is 51.2 Å². The van der Waals surface area contributed by atoms with Gasteiger partial charge in [-0.05, 0) is 44.2 Å². The molecule has 1 aliphatic heterocycles. The van der Waals surface area contributed by atoms with Gasteiger partial charge in [-0.3, -0.25) is 4.90 Å². The standard InChI is InChI=1S/C18H22F2N4/c19-15-7-6-14(16(20)9-15)11-23-8-2-1-3-17(23)18-22-21-12-24(18)10-13-4-5-13/h6-7,9,12-13,17H,1-5,8,10-11H2/t17-/m0/s1. The van der Waals surface area contributed by atoms with Gasteiger partial charge >= 0.3 is 0 Å². The highest BCUT2D eigenvalue weighted by molar-refractivity contribution is 5.19. The summed E-state index contributed by atoms with van der Waals surface area (Å²) in [6, 6.07) is 3.99. The summed E-state index contributed by atoms with van der Waals surface area (Å²) in [5, 5.41) is 8.48. The van der Waals surface area contributed by atoms with Crippen molar-refractivity contribution in [1.29, 1.82) is 0 Å². The molecule has 0 spiro atoms. The van der Waals surface area contributed by atoms with Crippen LogP contribution in [0.15, 0.2) is 24.5 Å². The van der Waals surface area contributed by atoms with Gasteiger partial charge in [0.2, 0.25) is 0 Å². The van der Waals surface area contributed by atoms with Crippen LogP contribution in [0.5, 0.6) is 0 Å². The Morgan fingerprint density at radius 1 is 1.12 bits per heavy atom. The van der Waals surface area contributed by atoms with E-state index in [1.54, 1.807) is 6.07 Å². The predicted octanol–water partition coefficient (Wildman–Crippen LogP) is 3.69. The van der Waals surface area contributed by atoms with Crippen LogP contribution in [0.3, 0.4) is 0 Å². The zero-order valence-electron chi connectivity index (χ0n) is 13.7. The Hall–Kier alpha value is -1.82. The third kappa shape index (κ3) is 3.34. The molecule has 1 aromatic carbocycles. The van der Waals surface area contributed by atoms with Gasteiger partial charge in [-0.1, -0.05) is 12.5 Å².